The van der Waals surface area contributed by atoms with Gasteiger partial charge in [0.25, 0.3) is 0 Å². The normalized spacial score (nSPS) is 9.52. The van der Waals surface area contributed by atoms with Crippen molar-refractivity contribution in [1.29, 1.82) is 0 Å². The van der Waals surface area contributed by atoms with E-state index in [1.54, 1.807) is 7.11 Å². The quantitative estimate of drug-likeness (QED) is 0.469. The molecule has 5 nitrogen and oxygen atoms in total. The number of ether oxygens (including phenoxy) is 2. The molecule has 1 rings (SSSR count). The first-order valence-electron chi connectivity index (χ1n) is 6.61. The lowest BCUT2D eigenvalue weighted by molar-refractivity contribution is 0.330. The number of methoxy groups -OCH3 is 1. The van der Waals surface area contributed by atoms with Gasteiger partial charge in [0.2, 0.25) is 0 Å². The van der Waals surface area contributed by atoms with E-state index in [9.17, 15) is 0 Å². The summed E-state index contributed by atoms with van der Waals surface area (Å²) in [6.07, 6.45) is 5.22. The summed E-state index contributed by atoms with van der Waals surface area (Å²) < 4.78 is 10.7. The van der Waals surface area contributed by atoms with Crippen LogP contribution in [0, 0.1) is 12.3 Å². The molecule has 5 heteroatoms. The van der Waals surface area contributed by atoms with Gasteiger partial charge in [-0.05, 0) is 17.7 Å². The molecular formula is C16H23N3O2. The van der Waals surface area contributed by atoms with Gasteiger partial charge >= 0.3 is 0 Å². The summed E-state index contributed by atoms with van der Waals surface area (Å²) in [6.45, 7) is 0.770. The third-order valence-corrected chi connectivity index (χ3v) is 2.74. The number of hydrogen-bond acceptors (Lipinski definition) is 3. The maximum Gasteiger partial charge on any atom is 0.195 e. The first kappa shape index (κ1) is 16.7. The van der Waals surface area contributed by atoms with E-state index in [0.29, 0.717) is 18.0 Å². The minimum atomic E-state index is 0.212. The van der Waals surface area contributed by atoms with Gasteiger partial charge in [-0.15, -0.1) is 6.42 Å². The van der Waals surface area contributed by atoms with Gasteiger partial charge in [0.15, 0.2) is 17.5 Å². The van der Waals surface area contributed by atoms with Crippen molar-refractivity contribution < 1.29 is 9.47 Å². The Morgan fingerprint density at radius 3 is 2.38 bits per heavy atom. The van der Waals surface area contributed by atoms with Crippen molar-refractivity contribution in [2.24, 2.45) is 4.99 Å². The van der Waals surface area contributed by atoms with E-state index in [1.165, 1.54) is 0 Å². The third-order valence-electron chi connectivity index (χ3n) is 2.74. The van der Waals surface area contributed by atoms with Crippen LogP contribution in [0.3, 0.4) is 0 Å². The fourth-order valence-corrected chi connectivity index (χ4v) is 1.90. The van der Waals surface area contributed by atoms with Gasteiger partial charge in [-0.1, -0.05) is 12.0 Å². The third kappa shape index (κ3) is 4.92. The van der Waals surface area contributed by atoms with Crippen molar-refractivity contribution in [3.63, 3.8) is 0 Å². The summed E-state index contributed by atoms with van der Waals surface area (Å²) in [7, 11) is 9.47. The van der Waals surface area contributed by atoms with Gasteiger partial charge in [0.05, 0.1) is 13.7 Å². The Kier molecular flexibility index (Phi) is 6.41. The first-order valence-corrected chi connectivity index (χ1v) is 6.61. The second kappa shape index (κ2) is 8.05. The fourth-order valence-electron chi connectivity index (χ4n) is 1.90. The maximum absolute atomic E-state index is 5.49. The van der Waals surface area contributed by atoms with Crippen molar-refractivity contribution in [3.05, 3.63) is 23.8 Å². The van der Waals surface area contributed by atoms with Crippen LogP contribution in [-0.4, -0.2) is 57.7 Å². The van der Waals surface area contributed by atoms with Crippen LogP contribution in [0.2, 0.25) is 0 Å². The van der Waals surface area contributed by atoms with Gasteiger partial charge in [-0.3, -0.25) is 0 Å². The highest BCUT2D eigenvalue weighted by molar-refractivity contribution is 5.79. The first-order chi connectivity index (χ1) is 9.99. The van der Waals surface area contributed by atoms with Crippen LogP contribution in [0.25, 0.3) is 0 Å². The molecule has 1 aromatic rings. The SMILES string of the molecule is C#CCOc1cc(CN=C(N(C)C)N(C)C)ccc1OC. The number of rotatable bonds is 5. The predicted octanol–water partition coefficient (Wildman–Crippen LogP) is 1.69. The van der Waals surface area contributed by atoms with Crippen LogP contribution in [0.15, 0.2) is 23.2 Å². The summed E-state index contributed by atoms with van der Waals surface area (Å²) >= 11 is 0. The minimum absolute atomic E-state index is 0.212. The lowest BCUT2D eigenvalue weighted by Crippen LogP contribution is -2.35. The second-order valence-corrected chi connectivity index (χ2v) is 4.88. The molecule has 0 aliphatic carbocycles. The van der Waals surface area contributed by atoms with Crippen LogP contribution >= 0.6 is 0 Å². The molecule has 0 saturated heterocycles. The predicted molar refractivity (Wildman–Crippen MR) is 85.8 cm³/mol. The molecule has 0 amide bonds. The van der Waals surface area contributed by atoms with E-state index in [4.69, 9.17) is 15.9 Å². The topological polar surface area (TPSA) is 37.3 Å². The van der Waals surface area contributed by atoms with E-state index >= 15 is 0 Å². The molecular weight excluding hydrogens is 266 g/mol. The minimum Gasteiger partial charge on any atom is -0.493 e. The molecule has 0 bridgehead atoms. The zero-order valence-corrected chi connectivity index (χ0v) is 13.4. The fraction of sp³-hybridized carbons (Fsp3) is 0.438. The number of terminal acetylenes is 1. The van der Waals surface area contributed by atoms with Gasteiger partial charge < -0.3 is 19.3 Å². The van der Waals surface area contributed by atoms with Crippen molar-refractivity contribution >= 4 is 5.96 Å². The molecule has 0 atom stereocenters. The number of hydrogen-bond donors (Lipinski definition) is 0. The van der Waals surface area contributed by atoms with Gasteiger partial charge in [-0.2, -0.15) is 0 Å². The molecule has 0 unspecified atom stereocenters. The lowest BCUT2D eigenvalue weighted by atomic mass is 10.2. The summed E-state index contributed by atoms with van der Waals surface area (Å²) in [6, 6.07) is 5.73. The van der Waals surface area contributed by atoms with Gasteiger partial charge in [0, 0.05) is 28.2 Å². The zero-order chi connectivity index (χ0) is 15.8. The van der Waals surface area contributed by atoms with Crippen LogP contribution in [-0.2, 0) is 6.54 Å². The Hall–Kier alpha value is -2.35. The summed E-state index contributed by atoms with van der Waals surface area (Å²) in [4.78, 5) is 8.54. The van der Waals surface area contributed by atoms with E-state index in [2.05, 4.69) is 10.9 Å². The summed E-state index contributed by atoms with van der Waals surface area (Å²) in [5.41, 5.74) is 1.03. The van der Waals surface area contributed by atoms with E-state index in [0.717, 1.165) is 11.5 Å². The number of aliphatic imine (C=N–C) groups is 1. The smallest absolute Gasteiger partial charge is 0.195 e. The average molecular weight is 289 g/mol. The standard InChI is InChI=1S/C16H23N3O2/c1-7-10-21-15-11-13(8-9-14(15)20-6)12-17-16(18(2)3)19(4)5/h1,8-9,11H,10,12H2,2-6H3. The largest absolute Gasteiger partial charge is 0.493 e. The molecule has 0 fully saturated rings. The molecule has 0 spiro atoms. The van der Waals surface area contributed by atoms with Crippen LogP contribution in [0.4, 0.5) is 0 Å². The van der Waals surface area contributed by atoms with Crippen molar-refractivity contribution in [1.82, 2.24) is 9.80 Å². The average Bonchev–Trinajstić information content (AvgIpc) is 2.44. The molecule has 0 N–H and O–H groups in total. The van der Waals surface area contributed by atoms with Crippen molar-refractivity contribution in [2.45, 2.75) is 6.54 Å². The van der Waals surface area contributed by atoms with E-state index < -0.39 is 0 Å². The molecule has 114 valence electrons. The van der Waals surface area contributed by atoms with Crippen molar-refractivity contribution in [3.8, 4) is 23.8 Å². The highest BCUT2D eigenvalue weighted by Crippen LogP contribution is 2.28. The second-order valence-electron chi connectivity index (χ2n) is 4.88. The summed E-state index contributed by atoms with van der Waals surface area (Å²) in [5, 5.41) is 0. The highest BCUT2D eigenvalue weighted by Gasteiger charge is 2.07. The molecule has 0 saturated carbocycles. The van der Waals surface area contributed by atoms with E-state index in [-0.39, 0.29) is 6.61 Å². The lowest BCUT2D eigenvalue weighted by Gasteiger charge is -2.22. The zero-order valence-electron chi connectivity index (χ0n) is 13.4. The molecule has 0 aliphatic rings. The Morgan fingerprint density at radius 2 is 1.86 bits per heavy atom. The molecule has 0 radical (unpaired) electrons. The Morgan fingerprint density at radius 1 is 1.19 bits per heavy atom. The van der Waals surface area contributed by atoms with Gasteiger partial charge in [0.1, 0.15) is 6.61 Å². The Balaban J connectivity index is 2.94. The molecule has 0 aliphatic heterocycles. The van der Waals surface area contributed by atoms with Crippen LogP contribution in [0.5, 0.6) is 11.5 Å². The summed E-state index contributed by atoms with van der Waals surface area (Å²) in [5.74, 6) is 4.65. The molecule has 21 heavy (non-hydrogen) atoms. The maximum atomic E-state index is 5.49. The highest BCUT2D eigenvalue weighted by atomic mass is 16.5. The number of guanidine groups is 1. The number of nitrogens with zero attached hydrogens (tertiary/aromatic N) is 3. The van der Waals surface area contributed by atoms with Crippen LogP contribution < -0.4 is 9.47 Å². The number of benzene rings is 1. The molecule has 0 aromatic heterocycles. The van der Waals surface area contributed by atoms with Crippen LogP contribution in [0.1, 0.15) is 5.56 Å². The molecule has 1 aromatic carbocycles. The van der Waals surface area contributed by atoms with Crippen molar-refractivity contribution in [2.75, 3.05) is 41.9 Å². The Bertz CT molecular complexity index is 521. The Labute approximate surface area is 127 Å². The molecule has 0 heterocycles. The monoisotopic (exact) mass is 289 g/mol. The van der Waals surface area contributed by atoms with E-state index in [1.807, 2.05) is 56.2 Å². The van der Waals surface area contributed by atoms with Gasteiger partial charge in [-0.25, -0.2) is 4.99 Å².